The van der Waals surface area contributed by atoms with Crippen LogP contribution in [0.5, 0.6) is 5.75 Å². The first-order valence-electron chi connectivity index (χ1n) is 5.29. The lowest BCUT2D eigenvalue weighted by molar-refractivity contribution is 0.414. The second kappa shape index (κ2) is 5.33. The monoisotopic (exact) mass is 295 g/mol. The number of aromatic amines is 1. The fraction of sp³-hybridized carbons (Fsp3) is 0.250. The van der Waals surface area contributed by atoms with Gasteiger partial charge in [-0.3, -0.25) is 0 Å². The fourth-order valence-electron chi connectivity index (χ4n) is 1.75. The molecule has 0 aliphatic heterocycles. The van der Waals surface area contributed by atoms with E-state index in [0.717, 1.165) is 21.7 Å². The Labute approximate surface area is 108 Å². The van der Waals surface area contributed by atoms with Gasteiger partial charge in [0.15, 0.2) is 0 Å². The van der Waals surface area contributed by atoms with Crippen LogP contribution < -0.4 is 10.5 Å². The number of nitrogens with zero attached hydrogens (tertiary/aromatic N) is 1. The highest BCUT2D eigenvalue weighted by Crippen LogP contribution is 2.25. The summed E-state index contributed by atoms with van der Waals surface area (Å²) in [5, 5.41) is 0. The Balaban J connectivity index is 2.34. The third kappa shape index (κ3) is 2.68. The van der Waals surface area contributed by atoms with Gasteiger partial charge >= 0.3 is 0 Å². The lowest BCUT2D eigenvalue weighted by Crippen LogP contribution is -2.15. The summed E-state index contributed by atoms with van der Waals surface area (Å²) < 4.78 is 6.07. The van der Waals surface area contributed by atoms with E-state index in [0.29, 0.717) is 6.54 Å². The third-order valence-corrected chi connectivity index (χ3v) is 3.03. The predicted octanol–water partition coefficient (Wildman–Crippen LogP) is 2.27. The molecular weight excluding hydrogens is 282 g/mol. The molecular formula is C12H14BrN3O. The minimum absolute atomic E-state index is 0.0522. The number of imidazole rings is 1. The molecule has 1 aromatic carbocycles. The molecule has 1 heterocycles. The van der Waals surface area contributed by atoms with Gasteiger partial charge in [-0.25, -0.2) is 4.98 Å². The number of hydrogen-bond donors (Lipinski definition) is 2. The highest BCUT2D eigenvalue weighted by molar-refractivity contribution is 9.10. The molecule has 5 heteroatoms. The van der Waals surface area contributed by atoms with Crippen LogP contribution in [0.25, 0.3) is 0 Å². The largest absolute Gasteiger partial charge is 0.497 e. The van der Waals surface area contributed by atoms with Crippen molar-refractivity contribution in [1.82, 2.24) is 9.97 Å². The zero-order valence-electron chi connectivity index (χ0n) is 9.48. The van der Waals surface area contributed by atoms with Gasteiger partial charge in [0.05, 0.1) is 19.2 Å². The third-order valence-electron chi connectivity index (χ3n) is 2.63. The molecule has 1 atom stereocenters. The maximum Gasteiger partial charge on any atom is 0.119 e. The number of aromatic nitrogens is 2. The number of nitrogens with two attached hydrogens (primary N) is 1. The van der Waals surface area contributed by atoms with Crippen molar-refractivity contribution in [2.24, 2.45) is 5.73 Å². The van der Waals surface area contributed by atoms with E-state index in [2.05, 4.69) is 25.9 Å². The van der Waals surface area contributed by atoms with Crippen molar-refractivity contribution in [3.05, 3.63) is 46.5 Å². The van der Waals surface area contributed by atoms with E-state index < -0.39 is 0 Å². The van der Waals surface area contributed by atoms with Gasteiger partial charge in [0.1, 0.15) is 16.2 Å². The second-order valence-corrected chi connectivity index (χ2v) is 4.54. The summed E-state index contributed by atoms with van der Waals surface area (Å²) in [6.45, 7) is 0.493. The number of nitrogens with one attached hydrogen (secondary N) is 1. The Bertz CT molecular complexity index is 498. The highest BCUT2D eigenvalue weighted by atomic mass is 79.9. The van der Waals surface area contributed by atoms with Crippen LogP contribution in [-0.4, -0.2) is 23.6 Å². The quantitative estimate of drug-likeness (QED) is 0.909. The average molecular weight is 296 g/mol. The number of ether oxygens (including phenoxy) is 1. The van der Waals surface area contributed by atoms with Crippen LogP contribution >= 0.6 is 15.9 Å². The molecule has 0 fully saturated rings. The molecule has 3 N–H and O–H groups in total. The molecule has 17 heavy (non-hydrogen) atoms. The van der Waals surface area contributed by atoms with E-state index >= 15 is 0 Å². The van der Waals surface area contributed by atoms with Crippen molar-refractivity contribution in [2.75, 3.05) is 13.7 Å². The van der Waals surface area contributed by atoms with Gasteiger partial charge in [0.25, 0.3) is 0 Å². The topological polar surface area (TPSA) is 63.9 Å². The van der Waals surface area contributed by atoms with Crippen molar-refractivity contribution in [3.8, 4) is 5.75 Å². The van der Waals surface area contributed by atoms with Gasteiger partial charge in [-0.2, -0.15) is 0 Å². The van der Waals surface area contributed by atoms with Crippen LogP contribution in [0, 0.1) is 0 Å². The Hall–Kier alpha value is -1.33. The molecule has 0 aliphatic carbocycles. The summed E-state index contributed by atoms with van der Waals surface area (Å²) in [4.78, 5) is 7.44. The van der Waals surface area contributed by atoms with Gasteiger partial charge in [-0.1, -0.05) is 12.1 Å². The van der Waals surface area contributed by atoms with E-state index in [1.165, 1.54) is 0 Å². The van der Waals surface area contributed by atoms with Crippen LogP contribution in [0.3, 0.4) is 0 Å². The minimum Gasteiger partial charge on any atom is -0.497 e. The van der Waals surface area contributed by atoms with Gasteiger partial charge in [0, 0.05) is 6.54 Å². The van der Waals surface area contributed by atoms with Crippen LogP contribution in [0.15, 0.2) is 35.1 Å². The zero-order valence-corrected chi connectivity index (χ0v) is 11.1. The van der Waals surface area contributed by atoms with Crippen molar-refractivity contribution in [2.45, 2.75) is 5.92 Å². The summed E-state index contributed by atoms with van der Waals surface area (Å²) in [7, 11) is 1.65. The summed E-state index contributed by atoms with van der Waals surface area (Å²) in [5.74, 6) is 1.73. The Morgan fingerprint density at radius 2 is 2.35 bits per heavy atom. The van der Waals surface area contributed by atoms with E-state index in [1.54, 1.807) is 13.3 Å². The highest BCUT2D eigenvalue weighted by Gasteiger charge is 2.16. The molecule has 90 valence electrons. The molecule has 0 radical (unpaired) electrons. The first kappa shape index (κ1) is 12.1. The maximum atomic E-state index is 5.82. The average Bonchev–Trinajstić information content (AvgIpc) is 2.77. The molecule has 0 saturated heterocycles. The lowest BCUT2D eigenvalue weighted by atomic mass is 9.98. The molecule has 2 rings (SSSR count). The van der Waals surface area contributed by atoms with Crippen LogP contribution in [0.4, 0.5) is 0 Å². The molecule has 1 unspecified atom stereocenters. The molecule has 0 aliphatic rings. The zero-order chi connectivity index (χ0) is 12.3. The molecule has 0 saturated carbocycles. The van der Waals surface area contributed by atoms with Gasteiger partial charge in [-0.15, -0.1) is 0 Å². The van der Waals surface area contributed by atoms with Gasteiger partial charge in [0.2, 0.25) is 0 Å². The predicted molar refractivity (Wildman–Crippen MR) is 70.2 cm³/mol. The van der Waals surface area contributed by atoms with Crippen LogP contribution in [0.1, 0.15) is 17.3 Å². The maximum absolute atomic E-state index is 5.82. The summed E-state index contributed by atoms with van der Waals surface area (Å²) >= 11 is 3.35. The first-order valence-corrected chi connectivity index (χ1v) is 6.08. The molecule has 0 spiro atoms. The van der Waals surface area contributed by atoms with E-state index in [4.69, 9.17) is 10.5 Å². The summed E-state index contributed by atoms with van der Waals surface area (Å²) in [5.41, 5.74) is 6.91. The standard InChI is InChI=1S/C12H14BrN3O/c1-17-9-4-2-3-8(5-9)10(6-14)12-15-7-11(13)16-12/h2-5,7,10H,6,14H2,1H3,(H,15,16). The van der Waals surface area contributed by atoms with Crippen molar-refractivity contribution >= 4 is 15.9 Å². The number of halogens is 1. The Morgan fingerprint density at radius 1 is 1.53 bits per heavy atom. The fourth-order valence-corrected chi connectivity index (χ4v) is 2.06. The smallest absolute Gasteiger partial charge is 0.119 e. The lowest BCUT2D eigenvalue weighted by Gasteiger charge is -2.13. The second-order valence-electron chi connectivity index (χ2n) is 3.68. The van der Waals surface area contributed by atoms with Crippen molar-refractivity contribution in [3.63, 3.8) is 0 Å². The number of benzene rings is 1. The summed E-state index contributed by atoms with van der Waals surface area (Å²) in [6.07, 6.45) is 1.73. The number of H-pyrrole nitrogens is 1. The molecule has 0 amide bonds. The van der Waals surface area contributed by atoms with Crippen LogP contribution in [0.2, 0.25) is 0 Å². The normalized spacial score (nSPS) is 12.4. The van der Waals surface area contributed by atoms with Gasteiger partial charge in [-0.05, 0) is 33.6 Å². The minimum atomic E-state index is 0.0522. The van der Waals surface area contributed by atoms with Gasteiger partial charge < -0.3 is 15.5 Å². The molecule has 1 aromatic heterocycles. The van der Waals surface area contributed by atoms with E-state index in [1.807, 2.05) is 24.3 Å². The molecule has 4 nitrogen and oxygen atoms in total. The summed E-state index contributed by atoms with van der Waals surface area (Å²) in [6, 6.07) is 7.87. The van der Waals surface area contributed by atoms with Crippen LogP contribution in [-0.2, 0) is 0 Å². The molecule has 0 bridgehead atoms. The first-order chi connectivity index (χ1) is 8.24. The Morgan fingerprint density at radius 3 is 2.94 bits per heavy atom. The van der Waals surface area contributed by atoms with E-state index in [-0.39, 0.29) is 5.92 Å². The van der Waals surface area contributed by atoms with E-state index in [9.17, 15) is 0 Å². The van der Waals surface area contributed by atoms with Crippen molar-refractivity contribution in [1.29, 1.82) is 0 Å². The SMILES string of the molecule is COc1cccc(C(CN)c2ncc(Br)[nH]2)c1. The molecule has 2 aromatic rings. The number of hydrogen-bond acceptors (Lipinski definition) is 3. The Kier molecular flexibility index (Phi) is 3.81. The number of rotatable bonds is 4. The number of methoxy groups -OCH3 is 1. The van der Waals surface area contributed by atoms with Crippen molar-refractivity contribution < 1.29 is 4.74 Å².